The first-order chi connectivity index (χ1) is 8.13. The van der Waals surface area contributed by atoms with Gasteiger partial charge < -0.3 is 4.85 Å². The molecule has 1 fully saturated rings. The summed E-state index contributed by atoms with van der Waals surface area (Å²) in [6.45, 7) is 11.9. The predicted molar refractivity (Wildman–Crippen MR) is 66.2 cm³/mol. The van der Waals surface area contributed by atoms with E-state index in [9.17, 15) is 4.79 Å². The zero-order valence-electron chi connectivity index (χ0n) is 10.1. The number of carbonyl (C=O) groups is 1. The number of rotatable bonds is 2. The molecule has 0 bridgehead atoms. The van der Waals surface area contributed by atoms with Crippen molar-refractivity contribution in [3.05, 3.63) is 29.1 Å². The Bertz CT molecular complexity index is 488. The lowest BCUT2D eigenvalue weighted by molar-refractivity contribution is -0.117. The molecule has 0 radical (unpaired) electrons. The smallest absolute Gasteiger partial charge is 0.275 e. The first-order valence-corrected chi connectivity index (χ1v) is 5.82. The van der Waals surface area contributed by atoms with Gasteiger partial charge in [-0.05, 0) is 17.9 Å². The molecule has 0 N–H and O–H groups in total. The van der Waals surface area contributed by atoms with Gasteiger partial charge in [-0.2, -0.15) is 0 Å². The standard InChI is InChI=1S/C13H15N3O/c1-9(2)10-6-7-11(15-13(10)14-3)16-8-4-5-12(16)17/h6-7,9H,4-5,8H2,1-2H3. The molecule has 0 unspecified atom stereocenters. The third kappa shape index (κ3) is 2.14. The molecule has 2 rings (SSSR count). The van der Waals surface area contributed by atoms with Crippen LogP contribution in [-0.4, -0.2) is 17.4 Å². The van der Waals surface area contributed by atoms with Crippen LogP contribution in [0.1, 0.15) is 38.2 Å². The van der Waals surface area contributed by atoms with Crippen LogP contribution in [0.5, 0.6) is 0 Å². The number of carbonyl (C=O) groups excluding carboxylic acids is 1. The number of hydrogen-bond donors (Lipinski definition) is 0. The third-order valence-corrected chi connectivity index (χ3v) is 2.97. The Hall–Kier alpha value is -1.89. The fraction of sp³-hybridized carbons (Fsp3) is 0.462. The molecule has 1 saturated heterocycles. The summed E-state index contributed by atoms with van der Waals surface area (Å²) in [4.78, 5) is 21.0. The SMILES string of the molecule is [C-]#[N+]c1nc(N2CCCC2=O)ccc1C(C)C. The monoisotopic (exact) mass is 229 g/mol. The van der Waals surface area contributed by atoms with Gasteiger partial charge in [0.25, 0.3) is 5.82 Å². The van der Waals surface area contributed by atoms with Gasteiger partial charge in [0, 0.05) is 19.0 Å². The summed E-state index contributed by atoms with van der Waals surface area (Å²) in [6, 6.07) is 3.75. The Morgan fingerprint density at radius 2 is 2.24 bits per heavy atom. The van der Waals surface area contributed by atoms with Crippen molar-refractivity contribution in [2.24, 2.45) is 0 Å². The topological polar surface area (TPSA) is 37.6 Å². The molecule has 2 heterocycles. The van der Waals surface area contributed by atoms with Crippen molar-refractivity contribution in [3.8, 4) is 0 Å². The molecule has 1 aliphatic rings. The van der Waals surface area contributed by atoms with Crippen molar-refractivity contribution in [1.29, 1.82) is 0 Å². The van der Waals surface area contributed by atoms with E-state index in [-0.39, 0.29) is 11.8 Å². The van der Waals surface area contributed by atoms with Gasteiger partial charge in [-0.1, -0.05) is 26.5 Å². The molecule has 1 aromatic heterocycles. The van der Waals surface area contributed by atoms with Crippen molar-refractivity contribution in [2.75, 3.05) is 11.4 Å². The van der Waals surface area contributed by atoms with Gasteiger partial charge in [0.05, 0.1) is 0 Å². The van der Waals surface area contributed by atoms with Crippen molar-refractivity contribution < 1.29 is 4.79 Å². The molecule has 0 aliphatic carbocycles. The summed E-state index contributed by atoms with van der Waals surface area (Å²) in [5.41, 5.74) is 0.940. The quantitative estimate of drug-likeness (QED) is 0.731. The maximum Gasteiger partial charge on any atom is 0.275 e. The van der Waals surface area contributed by atoms with Crippen molar-refractivity contribution in [3.63, 3.8) is 0 Å². The van der Waals surface area contributed by atoms with Crippen LogP contribution in [-0.2, 0) is 4.79 Å². The fourth-order valence-electron chi connectivity index (χ4n) is 2.03. The van der Waals surface area contributed by atoms with Crippen molar-refractivity contribution >= 4 is 17.5 Å². The Kier molecular flexibility index (Phi) is 3.10. The second-order valence-electron chi connectivity index (χ2n) is 4.50. The van der Waals surface area contributed by atoms with Crippen molar-refractivity contribution in [2.45, 2.75) is 32.6 Å². The molecule has 88 valence electrons. The molecular formula is C13H15N3O. The van der Waals surface area contributed by atoms with Gasteiger partial charge in [0.2, 0.25) is 11.7 Å². The average molecular weight is 229 g/mol. The van der Waals surface area contributed by atoms with Gasteiger partial charge in [-0.15, -0.1) is 4.98 Å². The number of amides is 1. The molecule has 1 aliphatic heterocycles. The average Bonchev–Trinajstić information content (AvgIpc) is 2.74. The highest BCUT2D eigenvalue weighted by Gasteiger charge is 2.25. The maximum atomic E-state index is 11.6. The molecule has 4 nitrogen and oxygen atoms in total. The number of hydrogen-bond acceptors (Lipinski definition) is 2. The molecule has 0 atom stereocenters. The van der Waals surface area contributed by atoms with Crippen LogP contribution in [0.15, 0.2) is 12.1 Å². The molecule has 0 spiro atoms. The summed E-state index contributed by atoms with van der Waals surface area (Å²) < 4.78 is 0. The molecular weight excluding hydrogens is 214 g/mol. The highest BCUT2D eigenvalue weighted by Crippen LogP contribution is 2.29. The van der Waals surface area contributed by atoms with Gasteiger partial charge >= 0.3 is 0 Å². The van der Waals surface area contributed by atoms with Gasteiger partial charge in [-0.25, -0.2) is 0 Å². The van der Waals surface area contributed by atoms with E-state index in [0.29, 0.717) is 24.6 Å². The lowest BCUT2D eigenvalue weighted by atomic mass is 10.0. The summed E-state index contributed by atoms with van der Waals surface area (Å²) >= 11 is 0. The van der Waals surface area contributed by atoms with E-state index in [1.807, 2.05) is 26.0 Å². The van der Waals surface area contributed by atoms with E-state index in [4.69, 9.17) is 6.57 Å². The van der Waals surface area contributed by atoms with Crippen LogP contribution in [0.4, 0.5) is 11.6 Å². The lowest BCUT2D eigenvalue weighted by Crippen LogP contribution is -2.24. The molecule has 4 heteroatoms. The van der Waals surface area contributed by atoms with Gasteiger partial charge in [0.15, 0.2) is 0 Å². The summed E-state index contributed by atoms with van der Waals surface area (Å²) in [5.74, 6) is 1.40. The second kappa shape index (κ2) is 4.54. The first kappa shape index (κ1) is 11.6. The van der Waals surface area contributed by atoms with E-state index in [2.05, 4.69) is 9.83 Å². The van der Waals surface area contributed by atoms with E-state index in [0.717, 1.165) is 12.0 Å². The predicted octanol–water partition coefficient (Wildman–Crippen LogP) is 2.88. The number of pyridine rings is 1. The van der Waals surface area contributed by atoms with Crippen LogP contribution in [0, 0.1) is 6.57 Å². The van der Waals surface area contributed by atoms with Crippen LogP contribution in [0.25, 0.3) is 4.85 Å². The van der Waals surface area contributed by atoms with E-state index < -0.39 is 0 Å². The summed E-state index contributed by atoms with van der Waals surface area (Å²) in [7, 11) is 0. The largest absolute Gasteiger partial charge is 0.360 e. The molecule has 17 heavy (non-hydrogen) atoms. The lowest BCUT2D eigenvalue weighted by Gasteiger charge is -2.13. The Labute approximate surface area is 101 Å². The van der Waals surface area contributed by atoms with E-state index >= 15 is 0 Å². The van der Waals surface area contributed by atoms with Crippen molar-refractivity contribution in [1.82, 2.24) is 4.98 Å². The minimum atomic E-state index is 0.103. The Balaban J connectivity index is 2.38. The highest BCUT2D eigenvalue weighted by atomic mass is 16.2. The molecule has 1 aromatic rings. The minimum absolute atomic E-state index is 0.103. The summed E-state index contributed by atoms with van der Waals surface area (Å²) in [6.07, 6.45) is 1.46. The number of aromatic nitrogens is 1. The molecule has 0 aromatic carbocycles. The Morgan fingerprint density at radius 1 is 1.47 bits per heavy atom. The molecule has 0 saturated carbocycles. The fourth-order valence-corrected chi connectivity index (χ4v) is 2.03. The van der Waals surface area contributed by atoms with Gasteiger partial charge in [0.1, 0.15) is 0 Å². The number of anilines is 1. The molecule has 1 amide bonds. The zero-order chi connectivity index (χ0) is 12.4. The van der Waals surface area contributed by atoms with E-state index in [1.54, 1.807) is 4.90 Å². The normalized spacial score (nSPS) is 15.4. The second-order valence-corrected chi connectivity index (χ2v) is 4.50. The minimum Gasteiger partial charge on any atom is -0.360 e. The van der Waals surface area contributed by atoms with Crippen LogP contribution >= 0.6 is 0 Å². The van der Waals surface area contributed by atoms with E-state index in [1.165, 1.54) is 0 Å². The number of nitrogens with zero attached hydrogens (tertiary/aromatic N) is 3. The van der Waals surface area contributed by atoms with Crippen LogP contribution in [0.2, 0.25) is 0 Å². The first-order valence-electron chi connectivity index (χ1n) is 5.82. The Morgan fingerprint density at radius 3 is 2.76 bits per heavy atom. The summed E-state index contributed by atoms with van der Waals surface area (Å²) in [5, 5.41) is 0. The zero-order valence-corrected chi connectivity index (χ0v) is 10.1. The third-order valence-electron chi connectivity index (χ3n) is 2.97. The van der Waals surface area contributed by atoms with Crippen LogP contribution < -0.4 is 4.90 Å². The maximum absolute atomic E-state index is 11.6. The van der Waals surface area contributed by atoms with Crippen LogP contribution in [0.3, 0.4) is 0 Å². The van der Waals surface area contributed by atoms with Gasteiger partial charge in [-0.3, -0.25) is 9.69 Å². The highest BCUT2D eigenvalue weighted by molar-refractivity contribution is 5.94.